The number of carbonyl (C=O) groups excluding carboxylic acids is 1. The van der Waals surface area contributed by atoms with Crippen molar-refractivity contribution in [2.24, 2.45) is 0 Å². The summed E-state index contributed by atoms with van der Waals surface area (Å²) >= 11 is 0. The van der Waals surface area contributed by atoms with Crippen LogP contribution in [0, 0.1) is 13.8 Å². The molecule has 5 nitrogen and oxygen atoms in total. The molecule has 1 amide bonds. The van der Waals surface area contributed by atoms with Gasteiger partial charge in [-0.3, -0.25) is 4.79 Å². The normalized spacial score (nSPS) is 10.6. The predicted octanol–water partition coefficient (Wildman–Crippen LogP) is 5.24. The lowest BCUT2D eigenvalue weighted by Crippen LogP contribution is -2.12. The Hall–Kier alpha value is -3.73. The maximum absolute atomic E-state index is 12.5. The number of benzene rings is 3. The van der Waals surface area contributed by atoms with Crippen LogP contribution in [-0.4, -0.2) is 16.1 Å². The van der Waals surface area contributed by atoms with Gasteiger partial charge in [0, 0.05) is 27.7 Å². The van der Waals surface area contributed by atoms with Crippen LogP contribution in [0.3, 0.4) is 0 Å². The molecule has 3 aromatic carbocycles. The van der Waals surface area contributed by atoms with Crippen LogP contribution in [-0.2, 0) is 0 Å². The molecular formula is C23H20N4O. The van der Waals surface area contributed by atoms with E-state index in [1.165, 1.54) is 0 Å². The first kappa shape index (κ1) is 17.7. The highest BCUT2D eigenvalue weighted by Crippen LogP contribution is 2.25. The number of aromatic nitrogens is 2. The van der Waals surface area contributed by atoms with Crippen molar-refractivity contribution >= 4 is 33.9 Å². The van der Waals surface area contributed by atoms with Gasteiger partial charge in [0.25, 0.3) is 5.91 Å². The summed E-state index contributed by atoms with van der Waals surface area (Å²) in [7, 11) is 0. The van der Waals surface area contributed by atoms with Crippen molar-refractivity contribution in [3.63, 3.8) is 0 Å². The second-order valence-electron chi connectivity index (χ2n) is 6.65. The van der Waals surface area contributed by atoms with E-state index in [1.807, 2.05) is 74.5 Å². The number of hydrogen-bond donors (Lipinski definition) is 2. The van der Waals surface area contributed by atoms with E-state index in [-0.39, 0.29) is 5.91 Å². The fraction of sp³-hybridized carbons (Fsp3) is 0.0870. The molecule has 0 aliphatic carbocycles. The largest absolute Gasteiger partial charge is 0.338 e. The van der Waals surface area contributed by atoms with E-state index in [9.17, 15) is 4.79 Å². The van der Waals surface area contributed by atoms with Gasteiger partial charge in [-0.15, -0.1) is 5.10 Å². The second kappa shape index (κ2) is 7.48. The van der Waals surface area contributed by atoms with Gasteiger partial charge in [0.15, 0.2) is 5.82 Å². The lowest BCUT2D eigenvalue weighted by molar-refractivity contribution is 0.102. The fourth-order valence-electron chi connectivity index (χ4n) is 3.08. The summed E-state index contributed by atoms with van der Waals surface area (Å²) in [6.07, 6.45) is 0. The van der Waals surface area contributed by atoms with Gasteiger partial charge >= 0.3 is 0 Å². The molecule has 4 rings (SSSR count). The molecule has 138 valence electrons. The first-order chi connectivity index (χ1) is 13.6. The molecule has 0 spiro atoms. The SMILES string of the molecule is Cc1ccccc1NC(=O)c1ccc(Nc2nnc(C)c3ccccc23)cc1. The Kier molecular flexibility index (Phi) is 4.72. The Labute approximate surface area is 163 Å². The Morgan fingerprint density at radius 1 is 0.786 bits per heavy atom. The zero-order valence-corrected chi connectivity index (χ0v) is 15.7. The van der Waals surface area contributed by atoms with E-state index < -0.39 is 0 Å². The van der Waals surface area contributed by atoms with Crippen LogP contribution < -0.4 is 10.6 Å². The molecule has 0 fully saturated rings. The summed E-state index contributed by atoms with van der Waals surface area (Å²) in [5, 5.41) is 16.8. The number of amides is 1. The summed E-state index contributed by atoms with van der Waals surface area (Å²) in [4.78, 5) is 12.5. The summed E-state index contributed by atoms with van der Waals surface area (Å²) in [6.45, 7) is 3.91. The third-order valence-electron chi connectivity index (χ3n) is 4.68. The number of carbonyl (C=O) groups is 1. The molecule has 0 saturated heterocycles. The second-order valence-corrected chi connectivity index (χ2v) is 6.65. The summed E-state index contributed by atoms with van der Waals surface area (Å²) in [6, 6.07) is 23.0. The minimum Gasteiger partial charge on any atom is -0.338 e. The Balaban J connectivity index is 1.54. The van der Waals surface area contributed by atoms with E-state index in [1.54, 1.807) is 12.1 Å². The fourth-order valence-corrected chi connectivity index (χ4v) is 3.08. The quantitative estimate of drug-likeness (QED) is 0.517. The van der Waals surface area contributed by atoms with Crippen LogP contribution in [0.2, 0.25) is 0 Å². The minimum atomic E-state index is -0.138. The Bertz CT molecular complexity index is 1150. The van der Waals surface area contributed by atoms with Crippen LogP contribution >= 0.6 is 0 Å². The summed E-state index contributed by atoms with van der Waals surface area (Å²) in [5.41, 5.74) is 4.17. The molecule has 0 bridgehead atoms. The van der Waals surface area contributed by atoms with Gasteiger partial charge in [0.2, 0.25) is 0 Å². The number of hydrogen-bond acceptors (Lipinski definition) is 4. The topological polar surface area (TPSA) is 66.9 Å². The third-order valence-corrected chi connectivity index (χ3v) is 4.68. The molecule has 0 aliphatic heterocycles. The van der Waals surface area contributed by atoms with Crippen LogP contribution in [0.5, 0.6) is 0 Å². The lowest BCUT2D eigenvalue weighted by Gasteiger charge is -2.11. The van der Waals surface area contributed by atoms with Gasteiger partial charge in [-0.2, -0.15) is 5.10 Å². The van der Waals surface area contributed by atoms with Crippen molar-refractivity contribution < 1.29 is 4.79 Å². The van der Waals surface area contributed by atoms with E-state index in [2.05, 4.69) is 20.8 Å². The molecule has 0 saturated carbocycles. The molecule has 5 heteroatoms. The van der Waals surface area contributed by atoms with Crippen molar-refractivity contribution in [1.29, 1.82) is 0 Å². The van der Waals surface area contributed by atoms with Crippen molar-refractivity contribution in [3.8, 4) is 0 Å². The van der Waals surface area contributed by atoms with Gasteiger partial charge in [-0.1, -0.05) is 42.5 Å². The van der Waals surface area contributed by atoms with Crippen LogP contribution in [0.4, 0.5) is 17.2 Å². The van der Waals surface area contributed by atoms with E-state index in [0.717, 1.165) is 33.4 Å². The van der Waals surface area contributed by atoms with Crippen LogP contribution in [0.1, 0.15) is 21.6 Å². The number of nitrogens with zero attached hydrogens (tertiary/aromatic N) is 2. The number of rotatable bonds is 4. The standard InChI is InChI=1S/C23H20N4O/c1-15-7-3-6-10-21(15)25-23(28)17-11-13-18(14-12-17)24-22-20-9-5-4-8-19(20)16(2)26-27-22/h3-14H,1-2H3,(H,24,27)(H,25,28). The van der Waals surface area contributed by atoms with Gasteiger partial charge in [0.05, 0.1) is 5.69 Å². The van der Waals surface area contributed by atoms with Crippen LogP contribution in [0.15, 0.2) is 72.8 Å². The molecule has 4 aromatic rings. The van der Waals surface area contributed by atoms with Crippen molar-refractivity contribution in [1.82, 2.24) is 10.2 Å². The van der Waals surface area contributed by atoms with Gasteiger partial charge in [-0.05, 0) is 49.7 Å². The number of anilines is 3. The van der Waals surface area contributed by atoms with Crippen molar-refractivity contribution in [2.45, 2.75) is 13.8 Å². The molecule has 28 heavy (non-hydrogen) atoms. The van der Waals surface area contributed by atoms with Gasteiger partial charge in [-0.25, -0.2) is 0 Å². The molecule has 0 atom stereocenters. The molecule has 0 radical (unpaired) electrons. The highest BCUT2D eigenvalue weighted by atomic mass is 16.1. The first-order valence-electron chi connectivity index (χ1n) is 9.08. The van der Waals surface area contributed by atoms with E-state index >= 15 is 0 Å². The zero-order valence-electron chi connectivity index (χ0n) is 15.7. The van der Waals surface area contributed by atoms with Crippen molar-refractivity contribution in [2.75, 3.05) is 10.6 Å². The zero-order chi connectivity index (χ0) is 19.5. The maximum atomic E-state index is 12.5. The van der Waals surface area contributed by atoms with E-state index in [4.69, 9.17) is 0 Å². The molecule has 0 aliphatic rings. The van der Waals surface area contributed by atoms with Crippen LogP contribution in [0.25, 0.3) is 10.8 Å². The number of fused-ring (bicyclic) bond motifs is 1. The van der Waals surface area contributed by atoms with Gasteiger partial charge in [0.1, 0.15) is 0 Å². The molecular weight excluding hydrogens is 348 g/mol. The summed E-state index contributed by atoms with van der Waals surface area (Å²) < 4.78 is 0. The smallest absolute Gasteiger partial charge is 0.255 e. The lowest BCUT2D eigenvalue weighted by atomic mass is 10.1. The summed E-state index contributed by atoms with van der Waals surface area (Å²) in [5.74, 6) is 0.555. The predicted molar refractivity (Wildman–Crippen MR) is 113 cm³/mol. The molecule has 0 unspecified atom stereocenters. The Morgan fingerprint density at radius 2 is 1.46 bits per heavy atom. The number of para-hydroxylation sites is 1. The van der Waals surface area contributed by atoms with Gasteiger partial charge < -0.3 is 10.6 Å². The third kappa shape index (κ3) is 3.55. The highest BCUT2D eigenvalue weighted by Gasteiger charge is 2.09. The molecule has 1 heterocycles. The number of nitrogens with one attached hydrogen (secondary N) is 2. The van der Waals surface area contributed by atoms with E-state index in [0.29, 0.717) is 11.4 Å². The average Bonchev–Trinajstić information content (AvgIpc) is 2.72. The average molecular weight is 368 g/mol. The Morgan fingerprint density at radius 3 is 2.21 bits per heavy atom. The monoisotopic (exact) mass is 368 g/mol. The highest BCUT2D eigenvalue weighted by molar-refractivity contribution is 6.05. The maximum Gasteiger partial charge on any atom is 0.255 e. The molecule has 1 aromatic heterocycles. The minimum absolute atomic E-state index is 0.138. The van der Waals surface area contributed by atoms with Crippen molar-refractivity contribution in [3.05, 3.63) is 89.6 Å². The molecule has 2 N–H and O–H groups in total. The number of aryl methyl sites for hydroxylation is 2. The first-order valence-corrected chi connectivity index (χ1v) is 9.08.